The standard InChI is InChI=1S/C12H14O/c1-4-10(3)12(13)11-7-5-9(2)6-8-11/h4-8H,1-3H3. The lowest BCUT2D eigenvalue weighted by Gasteiger charge is -2.00. The first-order valence-electron chi connectivity index (χ1n) is 4.39. The number of aryl methyl sites for hydroxylation is 1. The molecule has 0 heterocycles. The molecule has 1 heteroatoms. The van der Waals surface area contributed by atoms with E-state index in [-0.39, 0.29) is 5.78 Å². The van der Waals surface area contributed by atoms with Crippen molar-refractivity contribution in [2.24, 2.45) is 0 Å². The summed E-state index contributed by atoms with van der Waals surface area (Å²) in [6.07, 6.45) is 1.84. The number of allylic oxidation sites excluding steroid dienone is 2. The van der Waals surface area contributed by atoms with E-state index in [1.54, 1.807) is 0 Å². The van der Waals surface area contributed by atoms with Gasteiger partial charge in [0.05, 0.1) is 0 Å². The minimum absolute atomic E-state index is 0.113. The van der Waals surface area contributed by atoms with E-state index in [0.29, 0.717) is 0 Å². The van der Waals surface area contributed by atoms with Crippen molar-refractivity contribution in [2.45, 2.75) is 20.8 Å². The molecule has 0 spiro atoms. The minimum Gasteiger partial charge on any atom is -0.289 e. The van der Waals surface area contributed by atoms with Crippen LogP contribution in [0.1, 0.15) is 29.8 Å². The first kappa shape index (κ1) is 9.72. The van der Waals surface area contributed by atoms with E-state index in [4.69, 9.17) is 0 Å². The Kier molecular flexibility index (Phi) is 3.02. The van der Waals surface area contributed by atoms with Gasteiger partial charge in [0.1, 0.15) is 0 Å². The molecule has 1 aromatic rings. The fraction of sp³-hybridized carbons (Fsp3) is 0.250. The smallest absolute Gasteiger partial charge is 0.188 e. The van der Waals surface area contributed by atoms with Crippen molar-refractivity contribution in [3.05, 3.63) is 47.0 Å². The highest BCUT2D eigenvalue weighted by Gasteiger charge is 2.05. The van der Waals surface area contributed by atoms with Crippen LogP contribution in [-0.4, -0.2) is 5.78 Å². The monoisotopic (exact) mass is 174 g/mol. The number of carbonyl (C=O) groups excluding carboxylic acids is 1. The quantitative estimate of drug-likeness (QED) is 0.497. The zero-order chi connectivity index (χ0) is 9.84. The Hall–Kier alpha value is -1.37. The van der Waals surface area contributed by atoms with Gasteiger partial charge in [-0.25, -0.2) is 0 Å². The maximum Gasteiger partial charge on any atom is 0.188 e. The second-order valence-corrected chi connectivity index (χ2v) is 3.17. The fourth-order valence-corrected chi connectivity index (χ4v) is 1.06. The van der Waals surface area contributed by atoms with Crippen LogP contribution in [0.5, 0.6) is 0 Å². The van der Waals surface area contributed by atoms with Gasteiger partial charge in [-0.3, -0.25) is 4.79 Å². The van der Waals surface area contributed by atoms with E-state index in [9.17, 15) is 4.79 Å². The third-order valence-corrected chi connectivity index (χ3v) is 2.10. The number of rotatable bonds is 2. The molecule has 0 fully saturated rings. The number of hydrogen-bond donors (Lipinski definition) is 0. The molecular weight excluding hydrogens is 160 g/mol. The summed E-state index contributed by atoms with van der Waals surface area (Å²) < 4.78 is 0. The van der Waals surface area contributed by atoms with Crippen molar-refractivity contribution >= 4 is 5.78 Å². The zero-order valence-corrected chi connectivity index (χ0v) is 8.29. The average Bonchev–Trinajstić information content (AvgIpc) is 2.17. The molecule has 0 aliphatic rings. The molecule has 1 rings (SSSR count). The molecule has 68 valence electrons. The lowest BCUT2D eigenvalue weighted by molar-refractivity contribution is 0.103. The molecule has 0 unspecified atom stereocenters. The summed E-state index contributed by atoms with van der Waals surface area (Å²) in [5.74, 6) is 0.113. The Labute approximate surface area is 79.1 Å². The van der Waals surface area contributed by atoms with Crippen LogP contribution in [0, 0.1) is 6.92 Å². The largest absolute Gasteiger partial charge is 0.289 e. The van der Waals surface area contributed by atoms with E-state index in [2.05, 4.69) is 0 Å². The van der Waals surface area contributed by atoms with Gasteiger partial charge >= 0.3 is 0 Å². The van der Waals surface area contributed by atoms with Crippen molar-refractivity contribution in [1.29, 1.82) is 0 Å². The number of hydrogen-bond acceptors (Lipinski definition) is 1. The number of Topliss-reactive ketones (excluding diaryl/α,β-unsaturated/α-hetero) is 1. The molecule has 0 aliphatic carbocycles. The highest BCUT2D eigenvalue weighted by Crippen LogP contribution is 2.08. The highest BCUT2D eigenvalue weighted by atomic mass is 16.1. The van der Waals surface area contributed by atoms with Crippen LogP contribution < -0.4 is 0 Å². The molecule has 0 amide bonds. The van der Waals surface area contributed by atoms with Crippen LogP contribution in [0.3, 0.4) is 0 Å². The number of ketones is 1. The predicted molar refractivity (Wildman–Crippen MR) is 54.9 cm³/mol. The van der Waals surface area contributed by atoms with E-state index >= 15 is 0 Å². The first-order valence-corrected chi connectivity index (χ1v) is 4.39. The van der Waals surface area contributed by atoms with Crippen LogP contribution in [-0.2, 0) is 0 Å². The Morgan fingerprint density at radius 2 is 1.77 bits per heavy atom. The second kappa shape index (κ2) is 4.04. The summed E-state index contributed by atoms with van der Waals surface area (Å²) >= 11 is 0. The molecule has 0 N–H and O–H groups in total. The summed E-state index contributed by atoms with van der Waals surface area (Å²) in [4.78, 5) is 11.6. The molecule has 1 aromatic carbocycles. The molecule has 13 heavy (non-hydrogen) atoms. The van der Waals surface area contributed by atoms with Gasteiger partial charge in [0, 0.05) is 5.56 Å². The van der Waals surface area contributed by atoms with Crippen molar-refractivity contribution in [2.75, 3.05) is 0 Å². The molecule has 0 aromatic heterocycles. The third kappa shape index (κ3) is 2.28. The highest BCUT2D eigenvalue weighted by molar-refractivity contribution is 6.08. The van der Waals surface area contributed by atoms with E-state index in [1.807, 2.05) is 51.1 Å². The van der Waals surface area contributed by atoms with Crippen molar-refractivity contribution < 1.29 is 4.79 Å². The van der Waals surface area contributed by atoms with Crippen LogP contribution in [0.25, 0.3) is 0 Å². The molecule has 0 radical (unpaired) electrons. The molecular formula is C12H14O. The molecule has 0 saturated heterocycles. The molecule has 0 atom stereocenters. The zero-order valence-electron chi connectivity index (χ0n) is 8.29. The van der Waals surface area contributed by atoms with Crippen molar-refractivity contribution in [1.82, 2.24) is 0 Å². The minimum atomic E-state index is 0.113. The first-order chi connectivity index (χ1) is 6.15. The van der Waals surface area contributed by atoms with Gasteiger partial charge in [-0.2, -0.15) is 0 Å². The predicted octanol–water partition coefficient (Wildman–Crippen LogP) is 3.14. The molecule has 0 aliphatic heterocycles. The normalized spacial score (nSPS) is 11.5. The maximum absolute atomic E-state index is 11.6. The van der Waals surface area contributed by atoms with Crippen molar-refractivity contribution in [3.8, 4) is 0 Å². The van der Waals surface area contributed by atoms with E-state index < -0.39 is 0 Å². The lowest BCUT2D eigenvalue weighted by Crippen LogP contribution is -1.99. The van der Waals surface area contributed by atoms with Gasteiger partial charge in [-0.15, -0.1) is 0 Å². The summed E-state index contributed by atoms with van der Waals surface area (Å²) in [7, 11) is 0. The summed E-state index contributed by atoms with van der Waals surface area (Å²) in [6.45, 7) is 5.72. The molecule has 1 nitrogen and oxygen atoms in total. The Balaban J connectivity index is 2.97. The molecule has 0 saturated carbocycles. The Morgan fingerprint density at radius 1 is 1.23 bits per heavy atom. The Morgan fingerprint density at radius 3 is 2.23 bits per heavy atom. The fourth-order valence-electron chi connectivity index (χ4n) is 1.06. The van der Waals surface area contributed by atoms with E-state index in [1.165, 1.54) is 5.56 Å². The summed E-state index contributed by atoms with van der Waals surface area (Å²) in [5, 5.41) is 0. The van der Waals surface area contributed by atoms with Gasteiger partial charge in [0.2, 0.25) is 0 Å². The second-order valence-electron chi connectivity index (χ2n) is 3.17. The van der Waals surface area contributed by atoms with Crippen LogP contribution in [0.4, 0.5) is 0 Å². The van der Waals surface area contributed by atoms with E-state index in [0.717, 1.165) is 11.1 Å². The third-order valence-electron chi connectivity index (χ3n) is 2.10. The van der Waals surface area contributed by atoms with Crippen LogP contribution in [0.15, 0.2) is 35.9 Å². The maximum atomic E-state index is 11.6. The Bertz CT molecular complexity index is 331. The number of benzene rings is 1. The lowest BCUT2D eigenvalue weighted by atomic mass is 10.0. The van der Waals surface area contributed by atoms with Gasteiger partial charge in [-0.05, 0) is 26.3 Å². The van der Waals surface area contributed by atoms with Gasteiger partial charge < -0.3 is 0 Å². The van der Waals surface area contributed by atoms with Crippen molar-refractivity contribution in [3.63, 3.8) is 0 Å². The van der Waals surface area contributed by atoms with Gasteiger partial charge in [0.25, 0.3) is 0 Å². The van der Waals surface area contributed by atoms with Crippen LogP contribution in [0.2, 0.25) is 0 Å². The summed E-state index contributed by atoms with van der Waals surface area (Å²) in [5.41, 5.74) is 2.74. The number of carbonyl (C=O) groups is 1. The van der Waals surface area contributed by atoms with Gasteiger partial charge in [0.15, 0.2) is 5.78 Å². The van der Waals surface area contributed by atoms with Crippen LogP contribution >= 0.6 is 0 Å². The summed E-state index contributed by atoms with van der Waals surface area (Å²) in [6, 6.07) is 7.64. The average molecular weight is 174 g/mol. The topological polar surface area (TPSA) is 17.1 Å². The molecule has 0 bridgehead atoms. The SMILES string of the molecule is CC=C(C)C(=O)c1ccc(C)cc1. The van der Waals surface area contributed by atoms with Gasteiger partial charge in [-0.1, -0.05) is 35.9 Å².